The minimum absolute atomic E-state index is 0. The summed E-state index contributed by atoms with van der Waals surface area (Å²) >= 11 is 6.38. The lowest BCUT2D eigenvalue weighted by atomic mass is 9.94. The van der Waals surface area contributed by atoms with Gasteiger partial charge in [-0.25, -0.2) is 0 Å². The molecule has 0 aromatic heterocycles. The lowest BCUT2D eigenvalue weighted by molar-refractivity contribution is -0.124. The molecule has 136 valence electrons. The van der Waals surface area contributed by atoms with Crippen molar-refractivity contribution in [3.8, 4) is 5.75 Å². The minimum atomic E-state index is -0.342. The van der Waals surface area contributed by atoms with Gasteiger partial charge < -0.3 is 15.8 Å². The van der Waals surface area contributed by atoms with Gasteiger partial charge in [-0.2, -0.15) is 0 Å². The molecule has 3 N–H and O–H groups in total. The minimum Gasteiger partial charge on any atom is -0.497 e. The van der Waals surface area contributed by atoms with Crippen LogP contribution in [-0.2, 0) is 4.79 Å². The number of ether oxygens (including phenoxy) is 1. The van der Waals surface area contributed by atoms with Crippen LogP contribution in [-0.4, -0.2) is 19.6 Å². The predicted octanol–water partition coefficient (Wildman–Crippen LogP) is 3.88. The number of hydrogen-bond acceptors (Lipinski definition) is 3. The molecule has 1 amide bonds. The molecule has 0 aliphatic rings. The van der Waals surface area contributed by atoms with Crippen LogP contribution in [0.3, 0.4) is 0 Å². The highest BCUT2D eigenvalue weighted by molar-refractivity contribution is 6.31. The van der Waals surface area contributed by atoms with Crippen LogP contribution < -0.4 is 15.8 Å². The van der Waals surface area contributed by atoms with Gasteiger partial charge in [-0.05, 0) is 41.8 Å². The van der Waals surface area contributed by atoms with Crippen molar-refractivity contribution in [1.29, 1.82) is 0 Å². The predicted molar refractivity (Wildman–Crippen MR) is 105 cm³/mol. The first-order chi connectivity index (χ1) is 11.5. The maximum Gasteiger partial charge on any atom is 0.224 e. The first-order valence-electron chi connectivity index (χ1n) is 7.87. The third-order valence-corrected chi connectivity index (χ3v) is 4.44. The van der Waals surface area contributed by atoms with E-state index in [1.54, 1.807) is 14.0 Å². The van der Waals surface area contributed by atoms with E-state index in [0.29, 0.717) is 11.6 Å². The molecule has 6 heteroatoms. The Morgan fingerprint density at radius 1 is 1.24 bits per heavy atom. The number of benzene rings is 2. The quantitative estimate of drug-likeness (QED) is 0.796. The molecule has 0 aliphatic carbocycles. The summed E-state index contributed by atoms with van der Waals surface area (Å²) in [5, 5.41) is 3.68. The average Bonchev–Trinajstić information content (AvgIpc) is 2.59. The Morgan fingerprint density at radius 2 is 1.92 bits per heavy atom. The van der Waals surface area contributed by atoms with Gasteiger partial charge >= 0.3 is 0 Å². The Kier molecular flexibility index (Phi) is 8.23. The maximum absolute atomic E-state index is 12.4. The number of carbonyl (C=O) groups is 1. The molecule has 2 aromatic carbocycles. The van der Waals surface area contributed by atoms with Crippen LogP contribution in [0.15, 0.2) is 42.5 Å². The van der Waals surface area contributed by atoms with Crippen LogP contribution in [0.25, 0.3) is 0 Å². The van der Waals surface area contributed by atoms with E-state index < -0.39 is 0 Å². The third kappa shape index (κ3) is 5.11. The summed E-state index contributed by atoms with van der Waals surface area (Å²) in [7, 11) is 1.63. The lowest BCUT2D eigenvalue weighted by Crippen LogP contribution is -2.36. The molecule has 2 rings (SSSR count). The first-order valence-corrected chi connectivity index (χ1v) is 8.25. The SMILES string of the molecule is COc1ccc(C(NC(=O)C(C)CN)c2ccccc2Cl)c(C)c1.Cl. The van der Waals surface area contributed by atoms with Gasteiger partial charge in [0, 0.05) is 17.5 Å². The Labute approximate surface area is 160 Å². The van der Waals surface area contributed by atoms with E-state index in [1.807, 2.05) is 49.4 Å². The van der Waals surface area contributed by atoms with Crippen LogP contribution >= 0.6 is 24.0 Å². The number of halogens is 2. The van der Waals surface area contributed by atoms with Crippen molar-refractivity contribution in [1.82, 2.24) is 5.32 Å². The van der Waals surface area contributed by atoms with Gasteiger partial charge in [0.2, 0.25) is 5.91 Å². The molecule has 4 nitrogen and oxygen atoms in total. The zero-order valence-electron chi connectivity index (χ0n) is 14.6. The Hall–Kier alpha value is -1.75. The second-order valence-corrected chi connectivity index (χ2v) is 6.23. The summed E-state index contributed by atoms with van der Waals surface area (Å²) in [4.78, 5) is 12.4. The van der Waals surface area contributed by atoms with E-state index >= 15 is 0 Å². The van der Waals surface area contributed by atoms with Gasteiger partial charge in [-0.15, -0.1) is 12.4 Å². The average molecular weight is 383 g/mol. The molecule has 0 radical (unpaired) electrons. The van der Waals surface area contributed by atoms with E-state index in [9.17, 15) is 4.79 Å². The first kappa shape index (κ1) is 21.3. The summed E-state index contributed by atoms with van der Waals surface area (Å²) in [6, 6.07) is 13.0. The Morgan fingerprint density at radius 3 is 2.48 bits per heavy atom. The number of hydrogen-bond donors (Lipinski definition) is 2. The van der Waals surface area contributed by atoms with Crippen molar-refractivity contribution >= 4 is 29.9 Å². The number of aryl methyl sites for hydroxylation is 1. The maximum atomic E-state index is 12.4. The number of carbonyl (C=O) groups excluding carboxylic acids is 1. The molecular formula is C19H24Cl2N2O2. The highest BCUT2D eigenvalue weighted by Crippen LogP contribution is 2.31. The summed E-state index contributed by atoms with van der Waals surface area (Å²) in [5.74, 6) is 0.405. The molecule has 0 spiro atoms. The number of nitrogens with two attached hydrogens (primary N) is 1. The summed E-state index contributed by atoms with van der Waals surface area (Å²) in [6.07, 6.45) is 0. The van der Waals surface area contributed by atoms with Crippen LogP contribution in [0.1, 0.15) is 29.7 Å². The van der Waals surface area contributed by atoms with Crippen molar-refractivity contribution in [2.75, 3.05) is 13.7 Å². The van der Waals surface area contributed by atoms with Crippen molar-refractivity contribution in [3.05, 3.63) is 64.2 Å². The van der Waals surface area contributed by atoms with Gasteiger partial charge in [0.05, 0.1) is 13.2 Å². The molecular weight excluding hydrogens is 359 g/mol. The van der Waals surface area contributed by atoms with E-state index in [1.165, 1.54) is 0 Å². The molecule has 0 aliphatic heterocycles. The molecule has 0 saturated heterocycles. The highest BCUT2D eigenvalue weighted by Gasteiger charge is 2.23. The molecule has 0 saturated carbocycles. The Balaban J connectivity index is 0.00000312. The Bertz CT molecular complexity index is 722. The summed E-state index contributed by atoms with van der Waals surface area (Å²) < 4.78 is 5.27. The molecule has 2 aromatic rings. The van der Waals surface area contributed by atoms with Gasteiger partial charge in [0.15, 0.2) is 0 Å². The van der Waals surface area contributed by atoms with Gasteiger partial charge in [-0.3, -0.25) is 4.79 Å². The molecule has 0 bridgehead atoms. The lowest BCUT2D eigenvalue weighted by Gasteiger charge is -2.24. The molecule has 0 heterocycles. The number of rotatable bonds is 6. The van der Waals surface area contributed by atoms with Crippen molar-refractivity contribution < 1.29 is 9.53 Å². The second kappa shape index (κ2) is 9.66. The van der Waals surface area contributed by atoms with E-state index in [4.69, 9.17) is 22.1 Å². The number of nitrogens with one attached hydrogen (secondary N) is 1. The normalized spacial score (nSPS) is 12.7. The molecule has 2 unspecified atom stereocenters. The van der Waals surface area contributed by atoms with Gasteiger partial charge in [0.25, 0.3) is 0 Å². The standard InChI is InChI=1S/C19H23ClN2O2.ClH/c1-12-10-14(24-3)8-9-15(12)18(22-19(23)13(2)11-21)16-6-4-5-7-17(16)20;/h4-10,13,18H,11,21H2,1-3H3,(H,22,23);1H. The van der Waals surface area contributed by atoms with Crippen LogP contribution in [0.4, 0.5) is 0 Å². The summed E-state index contributed by atoms with van der Waals surface area (Å²) in [5.41, 5.74) is 8.46. The van der Waals surface area contributed by atoms with E-state index in [0.717, 1.165) is 22.4 Å². The zero-order chi connectivity index (χ0) is 17.7. The van der Waals surface area contributed by atoms with Gasteiger partial charge in [-0.1, -0.05) is 42.8 Å². The second-order valence-electron chi connectivity index (χ2n) is 5.82. The van der Waals surface area contributed by atoms with Crippen molar-refractivity contribution in [2.45, 2.75) is 19.9 Å². The van der Waals surface area contributed by atoms with Crippen molar-refractivity contribution in [2.24, 2.45) is 11.7 Å². The number of methoxy groups -OCH3 is 1. The highest BCUT2D eigenvalue weighted by atomic mass is 35.5. The number of amides is 1. The van der Waals surface area contributed by atoms with Crippen LogP contribution in [0.5, 0.6) is 5.75 Å². The zero-order valence-corrected chi connectivity index (χ0v) is 16.2. The van der Waals surface area contributed by atoms with Crippen LogP contribution in [0.2, 0.25) is 5.02 Å². The fraction of sp³-hybridized carbons (Fsp3) is 0.316. The van der Waals surface area contributed by atoms with Crippen molar-refractivity contribution in [3.63, 3.8) is 0 Å². The monoisotopic (exact) mass is 382 g/mol. The summed E-state index contributed by atoms with van der Waals surface area (Å²) in [6.45, 7) is 4.09. The largest absolute Gasteiger partial charge is 0.497 e. The van der Waals surface area contributed by atoms with E-state index in [-0.39, 0.29) is 30.3 Å². The molecule has 25 heavy (non-hydrogen) atoms. The van der Waals surface area contributed by atoms with Gasteiger partial charge in [0.1, 0.15) is 5.75 Å². The fourth-order valence-electron chi connectivity index (χ4n) is 2.52. The third-order valence-electron chi connectivity index (χ3n) is 4.09. The smallest absolute Gasteiger partial charge is 0.224 e. The fourth-order valence-corrected chi connectivity index (χ4v) is 2.77. The van der Waals surface area contributed by atoms with E-state index in [2.05, 4.69) is 5.32 Å². The molecule has 2 atom stereocenters. The van der Waals surface area contributed by atoms with Crippen LogP contribution in [0, 0.1) is 12.8 Å². The topological polar surface area (TPSA) is 64.3 Å². The molecule has 0 fully saturated rings.